The van der Waals surface area contributed by atoms with Gasteiger partial charge in [-0.3, -0.25) is 4.57 Å². The van der Waals surface area contributed by atoms with Crippen molar-refractivity contribution in [3.8, 4) is 61.6 Å². The summed E-state index contributed by atoms with van der Waals surface area (Å²) in [5, 5.41) is 12.5. The molecule has 13 aromatic rings. The van der Waals surface area contributed by atoms with Crippen LogP contribution in [0, 0.1) is 0 Å². The van der Waals surface area contributed by atoms with Gasteiger partial charge in [-0.25, -0.2) is 4.98 Å². The zero-order chi connectivity index (χ0) is 44.8. The standard InChI is InChI=1S/C63H40N2.C2H6/c1-3-17-41(18-4-1)59-49-21-7-11-25-53(49)61(54-26-12-8-22-50(54)59)46-37-35-45-40-47(38-36-44(45)39-46)62-55-27-13-9-23-51(55)60(52-24-10-14-28-56(52)62)42-31-33-43(34-32-42)63-64-57-29-15-16-30-58(57)65(63)48-19-5-2-6-20-48;1-2/h1-40H;1-2H3. The van der Waals surface area contributed by atoms with Crippen molar-refractivity contribution in [1.29, 1.82) is 0 Å². The Morgan fingerprint density at radius 1 is 0.284 bits per heavy atom. The minimum Gasteiger partial charge on any atom is -0.292 e. The maximum absolute atomic E-state index is 5.15. The van der Waals surface area contributed by atoms with Gasteiger partial charge in [0.2, 0.25) is 0 Å². The summed E-state index contributed by atoms with van der Waals surface area (Å²) in [6.07, 6.45) is 0. The Kier molecular flexibility index (Phi) is 9.99. The summed E-state index contributed by atoms with van der Waals surface area (Å²) in [6.45, 7) is 4.00. The highest BCUT2D eigenvalue weighted by atomic mass is 15.1. The van der Waals surface area contributed by atoms with Crippen LogP contribution in [0.2, 0.25) is 0 Å². The van der Waals surface area contributed by atoms with Gasteiger partial charge in [-0.15, -0.1) is 0 Å². The molecule has 0 spiro atoms. The Labute approximate surface area is 390 Å². The molecule has 0 aliphatic rings. The molecule has 12 aromatic carbocycles. The Balaban J connectivity index is 0.00000231. The molecule has 0 amide bonds. The lowest BCUT2D eigenvalue weighted by atomic mass is 9.84. The summed E-state index contributed by atoms with van der Waals surface area (Å²) in [6, 6.07) is 88.4. The number of hydrogen-bond donors (Lipinski definition) is 0. The van der Waals surface area contributed by atoms with Gasteiger partial charge < -0.3 is 0 Å². The minimum atomic E-state index is 0.931. The number of para-hydroxylation sites is 3. The van der Waals surface area contributed by atoms with Crippen LogP contribution < -0.4 is 0 Å². The summed E-state index contributed by atoms with van der Waals surface area (Å²) in [5.41, 5.74) is 14.2. The van der Waals surface area contributed by atoms with Crippen molar-refractivity contribution < 1.29 is 0 Å². The molecule has 0 atom stereocenters. The molecule has 316 valence electrons. The smallest absolute Gasteiger partial charge is 0.145 e. The third-order valence-electron chi connectivity index (χ3n) is 13.3. The Hall–Kier alpha value is -8.59. The van der Waals surface area contributed by atoms with Gasteiger partial charge in [-0.2, -0.15) is 0 Å². The van der Waals surface area contributed by atoms with Crippen molar-refractivity contribution in [2.45, 2.75) is 13.8 Å². The fourth-order valence-electron chi connectivity index (χ4n) is 10.5. The van der Waals surface area contributed by atoms with E-state index in [0.717, 1.165) is 28.1 Å². The third-order valence-corrected chi connectivity index (χ3v) is 13.3. The molecule has 0 saturated carbocycles. The van der Waals surface area contributed by atoms with E-state index in [9.17, 15) is 0 Å². The van der Waals surface area contributed by atoms with Crippen LogP contribution in [0.4, 0.5) is 0 Å². The summed E-state index contributed by atoms with van der Waals surface area (Å²) in [4.78, 5) is 5.15. The van der Waals surface area contributed by atoms with Crippen LogP contribution in [0.25, 0.3) is 126 Å². The van der Waals surface area contributed by atoms with Gasteiger partial charge in [0.05, 0.1) is 11.0 Å². The van der Waals surface area contributed by atoms with Crippen molar-refractivity contribution in [3.05, 3.63) is 243 Å². The van der Waals surface area contributed by atoms with E-state index >= 15 is 0 Å². The second-order valence-corrected chi connectivity index (χ2v) is 17.0. The van der Waals surface area contributed by atoms with Crippen LogP contribution in [-0.4, -0.2) is 9.55 Å². The maximum atomic E-state index is 5.15. The summed E-state index contributed by atoms with van der Waals surface area (Å²) in [5.74, 6) is 0.931. The van der Waals surface area contributed by atoms with Gasteiger partial charge in [0.25, 0.3) is 0 Å². The molecule has 0 aliphatic carbocycles. The van der Waals surface area contributed by atoms with Crippen molar-refractivity contribution in [2.75, 3.05) is 0 Å². The molecule has 0 aliphatic heterocycles. The van der Waals surface area contributed by atoms with E-state index in [4.69, 9.17) is 4.98 Å². The monoisotopic (exact) mass is 854 g/mol. The van der Waals surface area contributed by atoms with Crippen LogP contribution in [0.5, 0.6) is 0 Å². The lowest BCUT2D eigenvalue weighted by Gasteiger charge is -2.19. The van der Waals surface area contributed by atoms with Crippen LogP contribution in [0.3, 0.4) is 0 Å². The molecule has 0 radical (unpaired) electrons. The number of rotatable bonds is 6. The number of aromatic nitrogens is 2. The van der Waals surface area contributed by atoms with Gasteiger partial charge >= 0.3 is 0 Å². The maximum Gasteiger partial charge on any atom is 0.145 e. The van der Waals surface area contributed by atoms with Gasteiger partial charge in [-0.1, -0.05) is 220 Å². The molecule has 67 heavy (non-hydrogen) atoms. The Bertz CT molecular complexity index is 3860. The molecule has 2 nitrogen and oxygen atoms in total. The molecule has 1 heterocycles. The molecule has 0 bridgehead atoms. The van der Waals surface area contributed by atoms with Crippen LogP contribution in [-0.2, 0) is 0 Å². The summed E-state index contributed by atoms with van der Waals surface area (Å²) in [7, 11) is 0. The topological polar surface area (TPSA) is 17.8 Å². The van der Waals surface area contributed by atoms with E-state index < -0.39 is 0 Å². The predicted octanol–water partition coefficient (Wildman–Crippen LogP) is 18.2. The summed E-state index contributed by atoms with van der Waals surface area (Å²) < 4.78 is 2.27. The fourth-order valence-corrected chi connectivity index (χ4v) is 10.5. The predicted molar refractivity (Wildman–Crippen MR) is 287 cm³/mol. The molecule has 2 heteroatoms. The lowest BCUT2D eigenvalue weighted by molar-refractivity contribution is 1.10. The first kappa shape index (κ1) is 40.0. The average molecular weight is 855 g/mol. The SMILES string of the molecule is CC.c1ccc(-c2c3ccccc3c(-c3ccc4cc(-c5c6ccccc6c(-c6ccc(-c7nc8ccccc8n7-c7ccccc7)cc6)c6ccccc56)ccc4c3)c3ccccc23)cc1. The van der Waals surface area contributed by atoms with Gasteiger partial charge in [0.15, 0.2) is 0 Å². The largest absolute Gasteiger partial charge is 0.292 e. The molecular formula is C65H46N2. The van der Waals surface area contributed by atoms with Gasteiger partial charge in [0.1, 0.15) is 5.82 Å². The molecule has 1 aromatic heterocycles. The quantitative estimate of drug-likeness (QED) is 0.152. The van der Waals surface area contributed by atoms with Crippen molar-refractivity contribution in [1.82, 2.24) is 9.55 Å². The van der Waals surface area contributed by atoms with E-state index in [1.165, 1.54) is 98.4 Å². The molecule has 0 N–H and O–H groups in total. The molecule has 0 fully saturated rings. The van der Waals surface area contributed by atoms with Crippen molar-refractivity contribution in [3.63, 3.8) is 0 Å². The van der Waals surface area contributed by atoms with E-state index in [2.05, 4.69) is 247 Å². The fraction of sp³-hybridized carbons (Fsp3) is 0.0308. The molecular weight excluding hydrogens is 809 g/mol. The van der Waals surface area contributed by atoms with Crippen LogP contribution in [0.15, 0.2) is 243 Å². The second kappa shape index (κ2) is 16.8. The first-order valence-corrected chi connectivity index (χ1v) is 23.4. The van der Waals surface area contributed by atoms with Gasteiger partial charge in [-0.05, 0) is 135 Å². The Morgan fingerprint density at radius 3 is 1.06 bits per heavy atom. The number of hydrogen-bond acceptors (Lipinski definition) is 1. The third kappa shape index (κ3) is 6.68. The highest BCUT2D eigenvalue weighted by Crippen LogP contribution is 2.47. The van der Waals surface area contributed by atoms with Gasteiger partial charge in [0, 0.05) is 11.3 Å². The van der Waals surface area contributed by atoms with Crippen molar-refractivity contribution >= 4 is 64.9 Å². The van der Waals surface area contributed by atoms with E-state index in [1.54, 1.807) is 0 Å². The number of nitrogens with zero attached hydrogens (tertiary/aromatic N) is 2. The first-order valence-electron chi connectivity index (χ1n) is 23.4. The van der Waals surface area contributed by atoms with Crippen LogP contribution >= 0.6 is 0 Å². The number of imidazole rings is 1. The number of benzene rings is 12. The Morgan fingerprint density at radius 2 is 0.612 bits per heavy atom. The lowest BCUT2D eigenvalue weighted by Crippen LogP contribution is -1.97. The van der Waals surface area contributed by atoms with E-state index in [0.29, 0.717) is 0 Å². The highest BCUT2D eigenvalue weighted by molar-refractivity contribution is 6.23. The average Bonchev–Trinajstić information content (AvgIpc) is 3.80. The minimum absolute atomic E-state index is 0.931. The summed E-state index contributed by atoms with van der Waals surface area (Å²) >= 11 is 0. The highest BCUT2D eigenvalue weighted by Gasteiger charge is 2.20. The second-order valence-electron chi connectivity index (χ2n) is 17.0. The van der Waals surface area contributed by atoms with Crippen LogP contribution in [0.1, 0.15) is 13.8 Å². The zero-order valence-electron chi connectivity index (χ0n) is 37.5. The zero-order valence-corrected chi connectivity index (χ0v) is 37.5. The van der Waals surface area contributed by atoms with Crippen molar-refractivity contribution in [2.24, 2.45) is 0 Å². The normalized spacial score (nSPS) is 11.4. The number of fused-ring (bicyclic) bond motifs is 6. The molecule has 13 rings (SSSR count). The molecule has 0 saturated heterocycles. The van der Waals surface area contributed by atoms with E-state index in [-0.39, 0.29) is 0 Å². The first-order chi connectivity index (χ1) is 33.3. The van der Waals surface area contributed by atoms with E-state index in [1.807, 2.05) is 13.8 Å². The molecule has 0 unspecified atom stereocenters.